The molecule has 0 fully saturated rings. The molecule has 0 saturated carbocycles. The van der Waals surface area contributed by atoms with Crippen molar-refractivity contribution in [3.63, 3.8) is 0 Å². The Hall–Kier alpha value is -1.89. The molecule has 0 aliphatic heterocycles. The van der Waals surface area contributed by atoms with E-state index in [0.717, 1.165) is 6.42 Å². The molecule has 1 atom stereocenters. The van der Waals surface area contributed by atoms with Gasteiger partial charge in [-0.15, -0.1) is 11.3 Å². The molecule has 6 nitrogen and oxygen atoms in total. The summed E-state index contributed by atoms with van der Waals surface area (Å²) in [4.78, 5) is 15.6. The van der Waals surface area contributed by atoms with Gasteiger partial charge in [0.1, 0.15) is 0 Å². The summed E-state index contributed by atoms with van der Waals surface area (Å²) in [7, 11) is 3.74. The van der Waals surface area contributed by atoms with Gasteiger partial charge in [-0.2, -0.15) is 15.0 Å². The van der Waals surface area contributed by atoms with Crippen LogP contribution in [0.3, 0.4) is 0 Å². The zero-order valence-corrected chi connectivity index (χ0v) is 12.1. The van der Waals surface area contributed by atoms with Crippen LogP contribution in [0.25, 0.3) is 0 Å². The van der Waals surface area contributed by atoms with E-state index in [-0.39, 0.29) is 12.0 Å². The van der Waals surface area contributed by atoms with Gasteiger partial charge in [-0.05, 0) is 17.9 Å². The second kappa shape index (κ2) is 5.83. The minimum atomic E-state index is 0.191. The topological polar surface area (TPSA) is 80.0 Å². The van der Waals surface area contributed by atoms with Crippen LogP contribution in [0, 0.1) is 0 Å². The Bertz CT molecular complexity index is 525. The molecule has 0 spiro atoms. The van der Waals surface area contributed by atoms with Gasteiger partial charge < -0.3 is 16.0 Å². The number of hydrogen-bond acceptors (Lipinski definition) is 7. The summed E-state index contributed by atoms with van der Waals surface area (Å²) in [5.41, 5.74) is 5.71. The average molecular weight is 278 g/mol. The van der Waals surface area contributed by atoms with E-state index < -0.39 is 0 Å². The second-order valence-corrected chi connectivity index (χ2v) is 5.31. The van der Waals surface area contributed by atoms with Gasteiger partial charge in [-0.3, -0.25) is 0 Å². The van der Waals surface area contributed by atoms with E-state index in [1.54, 1.807) is 16.2 Å². The molecular weight excluding hydrogens is 260 g/mol. The molecule has 2 aromatic rings. The van der Waals surface area contributed by atoms with Crippen LogP contribution in [0.4, 0.5) is 17.8 Å². The number of nitrogens with one attached hydrogen (secondary N) is 1. The molecule has 1 unspecified atom stereocenters. The maximum atomic E-state index is 5.71. The Morgan fingerprint density at radius 2 is 2.16 bits per heavy atom. The number of nitrogens with zero attached hydrogens (tertiary/aromatic N) is 4. The molecule has 19 heavy (non-hydrogen) atoms. The van der Waals surface area contributed by atoms with Gasteiger partial charge >= 0.3 is 0 Å². The lowest BCUT2D eigenvalue weighted by Gasteiger charge is -2.17. The van der Waals surface area contributed by atoms with Crippen molar-refractivity contribution in [2.75, 3.05) is 30.0 Å². The van der Waals surface area contributed by atoms with Gasteiger partial charge in [0.05, 0.1) is 6.04 Å². The normalized spacial score (nSPS) is 12.2. The highest BCUT2D eigenvalue weighted by atomic mass is 32.1. The van der Waals surface area contributed by atoms with Crippen molar-refractivity contribution < 1.29 is 0 Å². The molecule has 102 valence electrons. The van der Waals surface area contributed by atoms with E-state index in [9.17, 15) is 0 Å². The highest BCUT2D eigenvalue weighted by molar-refractivity contribution is 7.10. The molecule has 7 heteroatoms. The van der Waals surface area contributed by atoms with Crippen molar-refractivity contribution in [2.45, 2.75) is 19.4 Å². The first-order valence-electron chi connectivity index (χ1n) is 6.09. The Balaban J connectivity index is 2.22. The largest absolute Gasteiger partial charge is 0.368 e. The quantitative estimate of drug-likeness (QED) is 0.872. The number of aromatic nitrogens is 3. The van der Waals surface area contributed by atoms with E-state index in [0.29, 0.717) is 11.9 Å². The van der Waals surface area contributed by atoms with Crippen LogP contribution in [0.15, 0.2) is 17.5 Å². The molecule has 0 bridgehead atoms. The Labute approximate surface area is 116 Å². The minimum absolute atomic E-state index is 0.191. The summed E-state index contributed by atoms with van der Waals surface area (Å²) in [6.45, 7) is 2.12. The molecule has 0 aliphatic rings. The third kappa shape index (κ3) is 3.31. The lowest BCUT2D eigenvalue weighted by atomic mass is 10.2. The fourth-order valence-electron chi connectivity index (χ4n) is 1.66. The van der Waals surface area contributed by atoms with Gasteiger partial charge in [-0.25, -0.2) is 0 Å². The van der Waals surface area contributed by atoms with Crippen molar-refractivity contribution in [3.8, 4) is 0 Å². The third-order valence-corrected chi connectivity index (χ3v) is 3.63. The van der Waals surface area contributed by atoms with Crippen LogP contribution in [-0.2, 0) is 0 Å². The predicted octanol–water partition coefficient (Wildman–Crippen LogP) is 2.14. The molecule has 2 rings (SSSR count). The minimum Gasteiger partial charge on any atom is -0.368 e. The van der Waals surface area contributed by atoms with E-state index in [1.807, 2.05) is 20.2 Å². The van der Waals surface area contributed by atoms with Crippen LogP contribution in [0.5, 0.6) is 0 Å². The van der Waals surface area contributed by atoms with Crippen molar-refractivity contribution >= 4 is 29.2 Å². The number of hydrogen-bond donors (Lipinski definition) is 2. The Kier molecular flexibility index (Phi) is 4.16. The standard InChI is InChI=1S/C12H18N6S/c1-4-8(9-6-5-7-19-9)14-11-15-10(13)16-12(17-11)18(2)3/h5-8H,4H2,1-3H3,(H3,13,14,15,16,17). The highest BCUT2D eigenvalue weighted by Gasteiger charge is 2.13. The van der Waals surface area contributed by atoms with Gasteiger partial charge in [0, 0.05) is 19.0 Å². The second-order valence-electron chi connectivity index (χ2n) is 4.33. The van der Waals surface area contributed by atoms with E-state index >= 15 is 0 Å². The first-order valence-corrected chi connectivity index (χ1v) is 6.97. The number of nitrogen functional groups attached to an aromatic ring is 1. The van der Waals surface area contributed by atoms with Crippen molar-refractivity contribution in [2.24, 2.45) is 0 Å². The zero-order valence-electron chi connectivity index (χ0n) is 11.3. The SMILES string of the molecule is CCC(Nc1nc(N)nc(N(C)C)n1)c1cccs1. The molecule has 0 aliphatic carbocycles. The van der Waals surface area contributed by atoms with Gasteiger partial charge in [-0.1, -0.05) is 13.0 Å². The van der Waals surface area contributed by atoms with Crippen LogP contribution in [-0.4, -0.2) is 29.0 Å². The molecule has 0 radical (unpaired) electrons. The van der Waals surface area contributed by atoms with Gasteiger partial charge in [0.15, 0.2) is 0 Å². The average Bonchev–Trinajstić information content (AvgIpc) is 2.89. The molecular formula is C12H18N6S. The van der Waals surface area contributed by atoms with Crippen LogP contribution >= 0.6 is 11.3 Å². The molecule has 0 saturated heterocycles. The first-order chi connectivity index (χ1) is 9.10. The van der Waals surface area contributed by atoms with E-state index in [1.165, 1.54) is 4.88 Å². The zero-order chi connectivity index (χ0) is 13.8. The molecule has 0 amide bonds. The summed E-state index contributed by atoms with van der Waals surface area (Å²) in [5.74, 6) is 1.29. The van der Waals surface area contributed by atoms with Crippen LogP contribution < -0.4 is 16.0 Å². The van der Waals surface area contributed by atoms with E-state index in [4.69, 9.17) is 5.73 Å². The summed E-state index contributed by atoms with van der Waals surface area (Å²) in [6.07, 6.45) is 0.948. The molecule has 2 heterocycles. The fourth-order valence-corrected chi connectivity index (χ4v) is 2.53. The third-order valence-electron chi connectivity index (χ3n) is 2.64. The lowest BCUT2D eigenvalue weighted by molar-refractivity contribution is 0.749. The lowest BCUT2D eigenvalue weighted by Crippen LogP contribution is -2.18. The summed E-state index contributed by atoms with van der Waals surface area (Å²) >= 11 is 1.71. The van der Waals surface area contributed by atoms with Crippen molar-refractivity contribution in [3.05, 3.63) is 22.4 Å². The maximum Gasteiger partial charge on any atom is 0.231 e. The Morgan fingerprint density at radius 1 is 1.37 bits per heavy atom. The summed E-state index contributed by atoms with van der Waals surface area (Å²) < 4.78 is 0. The fraction of sp³-hybridized carbons (Fsp3) is 0.417. The Morgan fingerprint density at radius 3 is 2.74 bits per heavy atom. The predicted molar refractivity (Wildman–Crippen MR) is 79.5 cm³/mol. The van der Waals surface area contributed by atoms with Gasteiger partial charge in [0.2, 0.25) is 17.8 Å². The maximum absolute atomic E-state index is 5.71. The van der Waals surface area contributed by atoms with Crippen molar-refractivity contribution in [1.29, 1.82) is 0 Å². The highest BCUT2D eigenvalue weighted by Crippen LogP contribution is 2.25. The van der Waals surface area contributed by atoms with E-state index in [2.05, 4.69) is 38.6 Å². The summed E-state index contributed by atoms with van der Waals surface area (Å²) in [5, 5.41) is 5.37. The molecule has 0 aromatic carbocycles. The van der Waals surface area contributed by atoms with Crippen LogP contribution in [0.2, 0.25) is 0 Å². The first kappa shape index (κ1) is 13.5. The number of nitrogens with two attached hydrogens (primary N) is 1. The smallest absolute Gasteiger partial charge is 0.231 e. The van der Waals surface area contributed by atoms with Crippen LogP contribution in [0.1, 0.15) is 24.3 Å². The van der Waals surface area contributed by atoms with Crippen molar-refractivity contribution in [1.82, 2.24) is 15.0 Å². The monoisotopic (exact) mass is 278 g/mol. The summed E-state index contributed by atoms with van der Waals surface area (Å²) in [6, 6.07) is 4.33. The molecule has 3 N–H and O–H groups in total. The molecule has 2 aromatic heterocycles. The number of thiophene rings is 1. The number of anilines is 3. The number of rotatable bonds is 5. The van der Waals surface area contributed by atoms with Gasteiger partial charge in [0.25, 0.3) is 0 Å².